The molecule has 1 unspecified atom stereocenters. The van der Waals surface area contributed by atoms with E-state index in [0.717, 1.165) is 32.3 Å². The number of benzene rings is 2. The van der Waals surface area contributed by atoms with E-state index in [0.29, 0.717) is 6.42 Å². The van der Waals surface area contributed by atoms with Crippen LogP contribution in [0.15, 0.2) is 36.4 Å². The van der Waals surface area contributed by atoms with E-state index in [2.05, 4.69) is 5.43 Å². The van der Waals surface area contributed by atoms with Crippen LogP contribution in [-0.2, 0) is 6.42 Å². The van der Waals surface area contributed by atoms with Crippen LogP contribution in [0.25, 0.3) is 0 Å². The van der Waals surface area contributed by atoms with Gasteiger partial charge in [0.15, 0.2) is 0 Å². The Balaban J connectivity index is 2.28. The van der Waals surface area contributed by atoms with Crippen molar-refractivity contribution in [3.05, 3.63) is 68.7 Å². The number of nitrogens with two attached hydrogens (primary N) is 1. The van der Waals surface area contributed by atoms with Gasteiger partial charge in [-0.2, -0.15) is 0 Å². The second-order valence-electron chi connectivity index (χ2n) is 5.04. The molecule has 4 heteroatoms. The van der Waals surface area contributed by atoms with Crippen molar-refractivity contribution in [2.24, 2.45) is 5.84 Å². The smallest absolute Gasteiger partial charge is 0.0515 e. The van der Waals surface area contributed by atoms with Gasteiger partial charge in [0, 0.05) is 10.0 Å². The maximum Gasteiger partial charge on any atom is 0.0515 e. The van der Waals surface area contributed by atoms with Gasteiger partial charge in [-0.05, 0) is 54.7 Å². The maximum absolute atomic E-state index is 6.31. The molecule has 0 aliphatic rings. The van der Waals surface area contributed by atoms with E-state index in [-0.39, 0.29) is 6.04 Å². The highest BCUT2D eigenvalue weighted by Gasteiger charge is 2.15. The number of hydrazine groups is 1. The highest BCUT2D eigenvalue weighted by molar-refractivity contribution is 6.32. The topological polar surface area (TPSA) is 38.0 Å². The standard InChI is InChI=1S/C16H18Cl2N2/c1-10-3-5-12(14(17)7-10)9-16(20-19)13-6-4-11(2)8-15(13)18/h3-8,16,20H,9,19H2,1-2H3. The number of halogens is 2. The lowest BCUT2D eigenvalue weighted by molar-refractivity contribution is 0.552. The lowest BCUT2D eigenvalue weighted by Gasteiger charge is -2.19. The second-order valence-corrected chi connectivity index (χ2v) is 5.86. The van der Waals surface area contributed by atoms with Crippen molar-refractivity contribution in [3.63, 3.8) is 0 Å². The summed E-state index contributed by atoms with van der Waals surface area (Å²) in [6.45, 7) is 4.03. The minimum atomic E-state index is -0.0664. The Morgan fingerprint density at radius 3 is 2.15 bits per heavy atom. The third-order valence-electron chi connectivity index (χ3n) is 3.37. The Kier molecular flexibility index (Phi) is 5.06. The van der Waals surface area contributed by atoms with Crippen molar-refractivity contribution < 1.29 is 0 Å². The Labute approximate surface area is 129 Å². The summed E-state index contributed by atoms with van der Waals surface area (Å²) < 4.78 is 0. The van der Waals surface area contributed by atoms with E-state index in [1.807, 2.05) is 50.2 Å². The average Bonchev–Trinajstić information content (AvgIpc) is 2.39. The maximum atomic E-state index is 6.31. The van der Waals surface area contributed by atoms with E-state index in [1.54, 1.807) is 0 Å². The van der Waals surface area contributed by atoms with Crippen molar-refractivity contribution in [1.82, 2.24) is 5.43 Å². The zero-order valence-corrected chi connectivity index (χ0v) is 13.1. The quantitative estimate of drug-likeness (QED) is 0.650. The first-order valence-corrected chi connectivity index (χ1v) is 7.24. The molecule has 20 heavy (non-hydrogen) atoms. The summed E-state index contributed by atoms with van der Waals surface area (Å²) >= 11 is 12.6. The third-order valence-corrected chi connectivity index (χ3v) is 4.04. The number of aryl methyl sites for hydroxylation is 2. The zero-order valence-electron chi connectivity index (χ0n) is 11.6. The predicted molar refractivity (Wildman–Crippen MR) is 86.1 cm³/mol. The van der Waals surface area contributed by atoms with Crippen molar-refractivity contribution in [3.8, 4) is 0 Å². The van der Waals surface area contributed by atoms with E-state index in [9.17, 15) is 0 Å². The molecule has 0 spiro atoms. The molecule has 0 saturated carbocycles. The largest absolute Gasteiger partial charge is 0.271 e. The number of hydrogen-bond donors (Lipinski definition) is 2. The molecule has 2 aromatic carbocycles. The highest BCUT2D eigenvalue weighted by atomic mass is 35.5. The van der Waals surface area contributed by atoms with E-state index < -0.39 is 0 Å². The van der Waals surface area contributed by atoms with Gasteiger partial charge in [-0.1, -0.05) is 47.5 Å². The molecule has 0 heterocycles. The van der Waals surface area contributed by atoms with Crippen LogP contribution in [0.3, 0.4) is 0 Å². The van der Waals surface area contributed by atoms with Crippen LogP contribution in [0.2, 0.25) is 10.0 Å². The highest BCUT2D eigenvalue weighted by Crippen LogP contribution is 2.28. The van der Waals surface area contributed by atoms with Gasteiger partial charge in [-0.25, -0.2) is 0 Å². The fourth-order valence-electron chi connectivity index (χ4n) is 2.21. The summed E-state index contributed by atoms with van der Waals surface area (Å²) in [6, 6.07) is 11.9. The van der Waals surface area contributed by atoms with Crippen LogP contribution in [0.5, 0.6) is 0 Å². The molecule has 3 N–H and O–H groups in total. The summed E-state index contributed by atoms with van der Waals surface area (Å²) in [7, 11) is 0. The normalized spacial score (nSPS) is 12.4. The molecule has 2 nitrogen and oxygen atoms in total. The molecule has 0 aromatic heterocycles. The van der Waals surface area contributed by atoms with Gasteiger partial charge in [0.05, 0.1) is 6.04 Å². The Hall–Kier alpha value is -1.06. The zero-order chi connectivity index (χ0) is 14.7. The predicted octanol–water partition coefficient (Wildman–Crippen LogP) is 4.36. The summed E-state index contributed by atoms with van der Waals surface area (Å²) in [4.78, 5) is 0. The molecular formula is C16H18Cl2N2. The lowest BCUT2D eigenvalue weighted by Crippen LogP contribution is -2.29. The molecule has 1 atom stereocenters. The van der Waals surface area contributed by atoms with Crippen molar-refractivity contribution >= 4 is 23.2 Å². The Morgan fingerprint density at radius 1 is 1.00 bits per heavy atom. The Bertz CT molecular complexity index is 611. The fraction of sp³-hybridized carbons (Fsp3) is 0.250. The molecule has 0 saturated heterocycles. The molecule has 2 rings (SSSR count). The van der Waals surface area contributed by atoms with Crippen LogP contribution in [0.4, 0.5) is 0 Å². The van der Waals surface area contributed by atoms with Gasteiger partial charge in [-0.3, -0.25) is 11.3 Å². The third kappa shape index (κ3) is 3.53. The molecule has 0 radical (unpaired) electrons. The Morgan fingerprint density at radius 2 is 1.60 bits per heavy atom. The molecule has 0 amide bonds. The molecular weight excluding hydrogens is 291 g/mol. The average molecular weight is 309 g/mol. The van der Waals surface area contributed by atoms with Crippen LogP contribution in [0.1, 0.15) is 28.3 Å². The van der Waals surface area contributed by atoms with Crippen LogP contribution >= 0.6 is 23.2 Å². The molecule has 106 valence electrons. The number of nitrogens with one attached hydrogen (secondary N) is 1. The number of rotatable bonds is 4. The molecule has 0 aliphatic carbocycles. The first-order valence-electron chi connectivity index (χ1n) is 6.48. The molecule has 0 aliphatic heterocycles. The van der Waals surface area contributed by atoms with Crippen molar-refractivity contribution in [2.75, 3.05) is 0 Å². The van der Waals surface area contributed by atoms with Gasteiger partial charge in [0.1, 0.15) is 0 Å². The van der Waals surface area contributed by atoms with Gasteiger partial charge in [0.2, 0.25) is 0 Å². The van der Waals surface area contributed by atoms with E-state index in [4.69, 9.17) is 29.0 Å². The molecule has 2 aromatic rings. The first kappa shape index (κ1) is 15.3. The second kappa shape index (κ2) is 6.59. The van der Waals surface area contributed by atoms with Crippen molar-refractivity contribution in [2.45, 2.75) is 26.3 Å². The summed E-state index contributed by atoms with van der Waals surface area (Å²) in [5.74, 6) is 5.69. The van der Waals surface area contributed by atoms with Gasteiger partial charge >= 0.3 is 0 Å². The van der Waals surface area contributed by atoms with Gasteiger partial charge in [0.25, 0.3) is 0 Å². The summed E-state index contributed by atoms with van der Waals surface area (Å²) in [6.07, 6.45) is 0.693. The lowest BCUT2D eigenvalue weighted by atomic mass is 9.98. The minimum absolute atomic E-state index is 0.0664. The van der Waals surface area contributed by atoms with Crippen LogP contribution < -0.4 is 11.3 Å². The minimum Gasteiger partial charge on any atom is -0.271 e. The van der Waals surface area contributed by atoms with E-state index >= 15 is 0 Å². The summed E-state index contributed by atoms with van der Waals surface area (Å²) in [5, 5.41) is 1.48. The molecule has 0 fully saturated rings. The molecule has 0 bridgehead atoms. The summed E-state index contributed by atoms with van der Waals surface area (Å²) in [5.41, 5.74) is 7.13. The van der Waals surface area contributed by atoms with Crippen molar-refractivity contribution in [1.29, 1.82) is 0 Å². The van der Waals surface area contributed by atoms with Crippen LogP contribution in [0, 0.1) is 13.8 Å². The van der Waals surface area contributed by atoms with E-state index in [1.165, 1.54) is 0 Å². The first-order chi connectivity index (χ1) is 9.51. The fourth-order valence-corrected chi connectivity index (χ4v) is 2.89. The number of hydrogen-bond acceptors (Lipinski definition) is 2. The SMILES string of the molecule is Cc1ccc(CC(NN)c2ccc(C)cc2Cl)c(Cl)c1. The van der Waals surface area contributed by atoms with Gasteiger partial charge < -0.3 is 0 Å². The van der Waals surface area contributed by atoms with Gasteiger partial charge in [-0.15, -0.1) is 0 Å². The van der Waals surface area contributed by atoms with Crippen LogP contribution in [-0.4, -0.2) is 0 Å². The monoisotopic (exact) mass is 308 g/mol.